The maximum absolute atomic E-state index is 3.40. The molecule has 1 atom stereocenters. The van der Waals surface area contributed by atoms with Crippen molar-refractivity contribution in [3.8, 4) is 11.8 Å². The van der Waals surface area contributed by atoms with Gasteiger partial charge in [0.1, 0.15) is 0 Å². The molecule has 0 saturated heterocycles. The number of hydrogen-bond donors (Lipinski definition) is 0. The Morgan fingerprint density at radius 2 is 1.43 bits per heavy atom. The monoisotopic (exact) mass is 305 g/mol. The minimum Gasteiger partial charge on any atom is -0.293 e. The topological polar surface area (TPSA) is 3.24 Å². The summed E-state index contributed by atoms with van der Waals surface area (Å²) in [6.45, 7) is 9.48. The largest absolute Gasteiger partial charge is 0.293 e. The average molecular weight is 305 g/mol. The van der Waals surface area contributed by atoms with Gasteiger partial charge in [-0.2, -0.15) is 0 Å². The molecule has 0 aliphatic carbocycles. The molecule has 2 aromatic rings. The Hall–Kier alpha value is -2.04. The van der Waals surface area contributed by atoms with Crippen LogP contribution in [0.1, 0.15) is 42.9 Å². The maximum Gasteiger partial charge on any atom is 0.0601 e. The summed E-state index contributed by atoms with van der Waals surface area (Å²) < 4.78 is 0. The molecule has 0 fully saturated rings. The average Bonchev–Trinajstić information content (AvgIpc) is 2.60. The predicted octanol–water partition coefficient (Wildman–Crippen LogP) is 4.86. The third-order valence-electron chi connectivity index (χ3n) is 4.31. The lowest BCUT2D eigenvalue weighted by Crippen LogP contribution is -2.22. The Kier molecular flexibility index (Phi) is 6.91. The van der Waals surface area contributed by atoms with Crippen molar-refractivity contribution in [1.82, 2.24) is 4.90 Å². The molecule has 0 aromatic heterocycles. The van der Waals surface area contributed by atoms with E-state index in [1.54, 1.807) is 0 Å². The normalized spacial score (nSPS) is 11.8. The van der Waals surface area contributed by atoms with Gasteiger partial charge >= 0.3 is 0 Å². The van der Waals surface area contributed by atoms with Gasteiger partial charge in [-0.15, -0.1) is 5.92 Å². The summed E-state index contributed by atoms with van der Waals surface area (Å²) >= 11 is 0. The second-order valence-corrected chi connectivity index (χ2v) is 5.89. The minimum atomic E-state index is 0.348. The molecule has 1 nitrogen and oxygen atoms in total. The Balaban J connectivity index is 2.15. The van der Waals surface area contributed by atoms with Crippen LogP contribution in [0.25, 0.3) is 0 Å². The molecular formula is C22H27N. The van der Waals surface area contributed by atoms with Gasteiger partial charge in [0.05, 0.1) is 6.54 Å². The van der Waals surface area contributed by atoms with Crippen LogP contribution in [0.2, 0.25) is 0 Å². The molecular weight excluding hydrogens is 278 g/mol. The molecule has 0 aliphatic rings. The first kappa shape index (κ1) is 17.3. The Labute approximate surface area is 141 Å². The number of hydrogen-bond acceptors (Lipinski definition) is 1. The summed E-state index contributed by atoms with van der Waals surface area (Å²) in [5.74, 6) is 7.10. The van der Waals surface area contributed by atoms with E-state index >= 15 is 0 Å². The van der Waals surface area contributed by atoms with Crippen molar-refractivity contribution in [2.75, 3.05) is 19.6 Å². The molecule has 0 saturated carbocycles. The van der Waals surface area contributed by atoms with E-state index in [0.717, 1.165) is 26.1 Å². The van der Waals surface area contributed by atoms with E-state index in [4.69, 9.17) is 0 Å². The fourth-order valence-electron chi connectivity index (χ4n) is 2.70. The first-order valence-electron chi connectivity index (χ1n) is 8.54. The maximum atomic E-state index is 3.40. The molecule has 120 valence electrons. The highest BCUT2D eigenvalue weighted by Crippen LogP contribution is 2.27. The van der Waals surface area contributed by atoms with Crippen molar-refractivity contribution in [3.63, 3.8) is 0 Å². The van der Waals surface area contributed by atoms with Crippen molar-refractivity contribution in [2.24, 2.45) is 0 Å². The highest BCUT2D eigenvalue weighted by molar-refractivity contribution is 5.35. The smallest absolute Gasteiger partial charge is 0.0601 e. The van der Waals surface area contributed by atoms with Crippen LogP contribution in [0, 0.1) is 18.8 Å². The van der Waals surface area contributed by atoms with Gasteiger partial charge in [0.2, 0.25) is 0 Å². The summed E-state index contributed by atoms with van der Waals surface area (Å²) in [5.41, 5.74) is 3.99. The molecule has 0 amide bonds. The van der Waals surface area contributed by atoms with E-state index < -0.39 is 0 Å². The van der Waals surface area contributed by atoms with E-state index in [0.29, 0.717) is 5.92 Å². The molecule has 0 bridgehead atoms. The number of nitrogens with zero attached hydrogens (tertiary/aromatic N) is 1. The highest BCUT2D eigenvalue weighted by atomic mass is 15.1. The lowest BCUT2D eigenvalue weighted by molar-refractivity contribution is 0.342. The zero-order valence-electron chi connectivity index (χ0n) is 14.5. The number of rotatable bonds is 6. The minimum absolute atomic E-state index is 0.348. The van der Waals surface area contributed by atoms with Crippen LogP contribution in [-0.2, 0) is 0 Å². The van der Waals surface area contributed by atoms with E-state index in [1.807, 2.05) is 0 Å². The van der Waals surface area contributed by atoms with Gasteiger partial charge in [0, 0.05) is 12.3 Å². The van der Waals surface area contributed by atoms with Crippen LogP contribution in [0.3, 0.4) is 0 Å². The van der Waals surface area contributed by atoms with E-state index in [9.17, 15) is 0 Å². The lowest BCUT2D eigenvalue weighted by Gasteiger charge is -2.16. The van der Waals surface area contributed by atoms with Crippen molar-refractivity contribution in [3.05, 3.63) is 71.3 Å². The van der Waals surface area contributed by atoms with Gasteiger partial charge < -0.3 is 0 Å². The van der Waals surface area contributed by atoms with Crippen LogP contribution in [0.15, 0.2) is 54.6 Å². The molecule has 0 heterocycles. The SMILES string of the molecule is CCN(CC)CC#CC[C@@H](c1ccccc1)c1ccc(C)cc1. The predicted molar refractivity (Wildman–Crippen MR) is 99.6 cm³/mol. The molecule has 0 radical (unpaired) electrons. The van der Waals surface area contributed by atoms with Crippen LogP contribution >= 0.6 is 0 Å². The molecule has 0 unspecified atom stereocenters. The Morgan fingerprint density at radius 1 is 0.826 bits per heavy atom. The number of aryl methyl sites for hydroxylation is 1. The van der Waals surface area contributed by atoms with Crippen molar-refractivity contribution in [1.29, 1.82) is 0 Å². The molecule has 0 spiro atoms. The van der Waals surface area contributed by atoms with Crippen LogP contribution in [0.4, 0.5) is 0 Å². The summed E-state index contributed by atoms with van der Waals surface area (Å²) in [5, 5.41) is 0. The van der Waals surface area contributed by atoms with Crippen molar-refractivity contribution < 1.29 is 0 Å². The van der Waals surface area contributed by atoms with Gasteiger partial charge in [0.15, 0.2) is 0 Å². The van der Waals surface area contributed by atoms with Crippen LogP contribution in [-0.4, -0.2) is 24.5 Å². The molecule has 0 N–H and O–H groups in total. The van der Waals surface area contributed by atoms with E-state index in [2.05, 4.69) is 92.1 Å². The zero-order valence-corrected chi connectivity index (χ0v) is 14.5. The number of benzene rings is 2. The Morgan fingerprint density at radius 3 is 2.04 bits per heavy atom. The molecule has 1 heteroatoms. The zero-order chi connectivity index (χ0) is 16.5. The van der Waals surface area contributed by atoms with Crippen LogP contribution in [0.5, 0.6) is 0 Å². The molecule has 23 heavy (non-hydrogen) atoms. The van der Waals surface area contributed by atoms with Gasteiger partial charge in [0.25, 0.3) is 0 Å². The fourth-order valence-corrected chi connectivity index (χ4v) is 2.70. The summed E-state index contributed by atoms with van der Waals surface area (Å²) in [4.78, 5) is 2.34. The fraction of sp³-hybridized carbons (Fsp3) is 0.364. The summed E-state index contributed by atoms with van der Waals surface area (Å²) in [6.07, 6.45) is 0.869. The van der Waals surface area contributed by atoms with Gasteiger partial charge in [-0.25, -0.2) is 0 Å². The quantitative estimate of drug-likeness (QED) is 0.689. The van der Waals surface area contributed by atoms with E-state index in [-0.39, 0.29) is 0 Å². The van der Waals surface area contributed by atoms with E-state index in [1.165, 1.54) is 16.7 Å². The van der Waals surface area contributed by atoms with Gasteiger partial charge in [-0.05, 0) is 31.1 Å². The van der Waals surface area contributed by atoms with Crippen molar-refractivity contribution in [2.45, 2.75) is 33.1 Å². The van der Waals surface area contributed by atoms with Crippen LogP contribution < -0.4 is 0 Å². The standard InChI is InChI=1S/C22H27N/c1-4-23(5-2)18-10-9-13-22(20-11-7-6-8-12-20)21-16-14-19(3)15-17-21/h6-8,11-12,14-17,22H,4-5,13,18H2,1-3H3/t22-/m0/s1. The second-order valence-electron chi connectivity index (χ2n) is 5.89. The van der Waals surface area contributed by atoms with Crippen molar-refractivity contribution >= 4 is 0 Å². The highest BCUT2D eigenvalue weighted by Gasteiger charge is 2.12. The summed E-state index contributed by atoms with van der Waals surface area (Å²) in [7, 11) is 0. The third-order valence-corrected chi connectivity index (χ3v) is 4.31. The van der Waals surface area contributed by atoms with Gasteiger partial charge in [-0.1, -0.05) is 79.9 Å². The molecule has 0 aliphatic heterocycles. The first-order valence-corrected chi connectivity index (χ1v) is 8.54. The third kappa shape index (κ3) is 5.27. The molecule has 2 rings (SSSR count). The Bertz CT molecular complexity index is 627. The van der Waals surface area contributed by atoms with Gasteiger partial charge in [-0.3, -0.25) is 4.90 Å². The molecule has 2 aromatic carbocycles. The second kappa shape index (κ2) is 9.18. The lowest BCUT2D eigenvalue weighted by atomic mass is 9.88. The first-order chi connectivity index (χ1) is 11.2. The summed E-state index contributed by atoms with van der Waals surface area (Å²) in [6, 6.07) is 19.6.